The lowest BCUT2D eigenvalue weighted by Gasteiger charge is -2.26. The van der Waals surface area contributed by atoms with Crippen LogP contribution in [0.2, 0.25) is 5.02 Å². The second-order valence-corrected chi connectivity index (χ2v) is 9.66. The van der Waals surface area contributed by atoms with Crippen LogP contribution in [0.15, 0.2) is 54.7 Å². The van der Waals surface area contributed by atoms with Crippen molar-refractivity contribution in [1.29, 1.82) is 0 Å². The van der Waals surface area contributed by atoms with Crippen LogP contribution in [-0.4, -0.2) is 52.1 Å². The minimum Gasteiger partial charge on any atom is -0.376 e. The van der Waals surface area contributed by atoms with Gasteiger partial charge in [0.05, 0.1) is 11.8 Å². The quantitative estimate of drug-likeness (QED) is 0.472. The lowest BCUT2D eigenvalue weighted by atomic mass is 10.1. The summed E-state index contributed by atoms with van der Waals surface area (Å²) in [6, 6.07) is 15.4. The van der Waals surface area contributed by atoms with E-state index in [1.165, 1.54) is 0 Å². The van der Waals surface area contributed by atoms with Crippen LogP contribution >= 0.6 is 11.6 Å². The van der Waals surface area contributed by atoms with Gasteiger partial charge in [0.15, 0.2) is 0 Å². The van der Waals surface area contributed by atoms with E-state index in [0.29, 0.717) is 29.8 Å². The maximum atomic E-state index is 13.1. The first kappa shape index (κ1) is 24.9. The van der Waals surface area contributed by atoms with E-state index in [9.17, 15) is 9.59 Å². The van der Waals surface area contributed by atoms with Crippen molar-refractivity contribution in [3.63, 3.8) is 0 Å². The van der Waals surface area contributed by atoms with E-state index in [1.807, 2.05) is 67.9 Å². The molecule has 2 heterocycles. The highest BCUT2D eigenvalue weighted by atomic mass is 35.5. The molecule has 0 saturated carbocycles. The number of carbonyl (C=O) groups excluding carboxylic acids is 2. The first-order chi connectivity index (χ1) is 16.8. The fourth-order valence-corrected chi connectivity index (χ4v) is 4.23. The third-order valence-electron chi connectivity index (χ3n) is 6.00. The molecular weight excluding hydrogens is 464 g/mol. The molecule has 2 amide bonds. The van der Waals surface area contributed by atoms with Crippen molar-refractivity contribution in [2.75, 3.05) is 25.0 Å². The number of hydrogen-bond donors (Lipinski definition) is 1. The fraction of sp³-hybridized carbons (Fsp3) is 0.370. The second-order valence-electron chi connectivity index (χ2n) is 9.22. The van der Waals surface area contributed by atoms with Crippen LogP contribution in [0.4, 0.5) is 5.95 Å². The number of aryl methyl sites for hydroxylation is 1. The average Bonchev–Trinajstić information content (AvgIpc) is 3.49. The number of anilines is 1. The van der Waals surface area contributed by atoms with Crippen LogP contribution < -0.4 is 5.32 Å². The third-order valence-corrected chi connectivity index (χ3v) is 6.25. The predicted octanol–water partition coefficient (Wildman–Crippen LogP) is 5.10. The molecule has 1 saturated heterocycles. The van der Waals surface area contributed by atoms with E-state index in [-0.39, 0.29) is 30.4 Å². The molecule has 0 bridgehead atoms. The number of nitrogens with one attached hydrogen (secondary N) is 1. The summed E-state index contributed by atoms with van der Waals surface area (Å²) in [5.74, 6) is -0.203. The Morgan fingerprint density at radius 2 is 1.89 bits per heavy atom. The summed E-state index contributed by atoms with van der Waals surface area (Å²) in [6.07, 6.45) is 3.72. The highest BCUT2D eigenvalue weighted by Crippen LogP contribution is 2.26. The van der Waals surface area contributed by atoms with Crippen LogP contribution in [0.3, 0.4) is 0 Å². The molecule has 1 aromatic heterocycles. The van der Waals surface area contributed by atoms with Crippen LogP contribution in [0.1, 0.15) is 32.3 Å². The number of rotatable bonds is 8. The summed E-state index contributed by atoms with van der Waals surface area (Å²) in [5, 5.41) is 3.57. The number of halogens is 1. The Hall–Kier alpha value is -3.16. The standard InChI is InChI=1S/C27H31ClN4O3/c1-18(2)26(34)31(15-23-5-4-14-35-23)17-25(33)30-27-29-24(20-8-10-21(28)11-9-20)16-32(27)22-12-6-19(3)7-13-22/h6-13,16,18,23H,4-5,14-15,17H2,1-3H3,(H,29,30,33). The number of amides is 2. The summed E-state index contributed by atoms with van der Waals surface area (Å²) in [6.45, 7) is 6.74. The van der Waals surface area contributed by atoms with E-state index in [0.717, 1.165) is 29.7 Å². The Balaban J connectivity index is 1.59. The van der Waals surface area contributed by atoms with E-state index in [4.69, 9.17) is 21.3 Å². The van der Waals surface area contributed by atoms with Gasteiger partial charge in [-0.05, 0) is 44.0 Å². The first-order valence-corrected chi connectivity index (χ1v) is 12.3. The minimum absolute atomic E-state index is 0.0310. The van der Waals surface area contributed by atoms with Gasteiger partial charge in [0.25, 0.3) is 0 Å². The topological polar surface area (TPSA) is 76.5 Å². The SMILES string of the molecule is Cc1ccc(-n2cc(-c3ccc(Cl)cc3)nc2NC(=O)CN(CC2CCCO2)C(=O)C(C)C)cc1. The number of imidazole rings is 1. The van der Waals surface area contributed by atoms with Gasteiger partial charge in [-0.3, -0.25) is 19.5 Å². The molecule has 8 heteroatoms. The van der Waals surface area contributed by atoms with Gasteiger partial charge in [0.1, 0.15) is 6.54 Å². The lowest BCUT2D eigenvalue weighted by molar-refractivity contribution is -0.139. The van der Waals surface area contributed by atoms with Crippen molar-refractivity contribution in [3.8, 4) is 16.9 Å². The number of carbonyl (C=O) groups is 2. The molecule has 0 aliphatic carbocycles. The van der Waals surface area contributed by atoms with Crippen molar-refractivity contribution in [1.82, 2.24) is 14.5 Å². The second kappa shape index (κ2) is 11.1. The predicted molar refractivity (Wildman–Crippen MR) is 138 cm³/mol. The van der Waals surface area contributed by atoms with Crippen LogP contribution in [0, 0.1) is 12.8 Å². The molecule has 1 fully saturated rings. The molecule has 1 aliphatic heterocycles. The maximum absolute atomic E-state index is 13.1. The van der Waals surface area contributed by atoms with Gasteiger partial charge in [0.2, 0.25) is 17.8 Å². The molecule has 1 N–H and O–H groups in total. The third kappa shape index (κ3) is 6.29. The molecule has 1 unspecified atom stereocenters. The Morgan fingerprint density at radius 1 is 1.17 bits per heavy atom. The highest BCUT2D eigenvalue weighted by molar-refractivity contribution is 6.30. The molecule has 3 aromatic rings. The molecule has 2 aromatic carbocycles. The normalized spacial score (nSPS) is 15.4. The summed E-state index contributed by atoms with van der Waals surface area (Å²) in [4.78, 5) is 32.2. The lowest BCUT2D eigenvalue weighted by Crippen LogP contribution is -2.44. The Bertz CT molecular complexity index is 1170. The Morgan fingerprint density at radius 3 is 2.51 bits per heavy atom. The van der Waals surface area contributed by atoms with E-state index >= 15 is 0 Å². The zero-order chi connectivity index (χ0) is 24.9. The van der Waals surface area contributed by atoms with E-state index in [2.05, 4.69) is 5.32 Å². The molecule has 0 radical (unpaired) electrons. The van der Waals surface area contributed by atoms with Crippen LogP contribution in [-0.2, 0) is 14.3 Å². The summed E-state index contributed by atoms with van der Waals surface area (Å²) >= 11 is 6.05. The maximum Gasteiger partial charge on any atom is 0.246 e. The van der Waals surface area contributed by atoms with Gasteiger partial charge in [-0.2, -0.15) is 0 Å². The van der Waals surface area contributed by atoms with E-state index < -0.39 is 0 Å². The van der Waals surface area contributed by atoms with Crippen LogP contribution in [0.25, 0.3) is 16.9 Å². The smallest absolute Gasteiger partial charge is 0.246 e. The number of aromatic nitrogens is 2. The minimum atomic E-state index is -0.307. The molecule has 4 rings (SSSR count). The summed E-state index contributed by atoms with van der Waals surface area (Å²) < 4.78 is 7.55. The zero-order valence-corrected chi connectivity index (χ0v) is 21.1. The Labute approximate surface area is 211 Å². The largest absolute Gasteiger partial charge is 0.376 e. The average molecular weight is 495 g/mol. The zero-order valence-electron chi connectivity index (χ0n) is 20.3. The summed E-state index contributed by atoms with van der Waals surface area (Å²) in [5.41, 5.74) is 3.58. The van der Waals surface area contributed by atoms with Gasteiger partial charge in [-0.15, -0.1) is 0 Å². The van der Waals surface area contributed by atoms with Gasteiger partial charge in [-0.1, -0.05) is 55.3 Å². The molecular formula is C27H31ClN4O3. The van der Waals surface area contributed by atoms with E-state index in [1.54, 1.807) is 17.0 Å². The Kier molecular flexibility index (Phi) is 7.88. The van der Waals surface area contributed by atoms with Crippen molar-refractivity contribution in [2.45, 2.75) is 39.7 Å². The molecule has 7 nitrogen and oxygen atoms in total. The van der Waals surface area contributed by atoms with Gasteiger partial charge < -0.3 is 9.64 Å². The fourth-order valence-electron chi connectivity index (χ4n) is 4.10. The molecule has 1 atom stereocenters. The van der Waals surface area contributed by atoms with Crippen molar-refractivity contribution in [3.05, 3.63) is 65.3 Å². The summed E-state index contributed by atoms with van der Waals surface area (Å²) in [7, 11) is 0. The highest BCUT2D eigenvalue weighted by Gasteiger charge is 2.26. The van der Waals surface area contributed by atoms with Crippen molar-refractivity contribution in [2.24, 2.45) is 5.92 Å². The molecule has 184 valence electrons. The number of hydrogen-bond acceptors (Lipinski definition) is 4. The monoisotopic (exact) mass is 494 g/mol. The molecule has 0 spiro atoms. The number of nitrogens with zero attached hydrogens (tertiary/aromatic N) is 3. The van der Waals surface area contributed by atoms with Crippen LogP contribution in [0.5, 0.6) is 0 Å². The van der Waals surface area contributed by atoms with Crippen molar-refractivity contribution >= 4 is 29.4 Å². The van der Waals surface area contributed by atoms with Gasteiger partial charge in [0, 0.05) is 41.5 Å². The van der Waals surface area contributed by atoms with Crippen molar-refractivity contribution < 1.29 is 14.3 Å². The first-order valence-electron chi connectivity index (χ1n) is 11.9. The number of ether oxygens (including phenoxy) is 1. The van der Waals surface area contributed by atoms with Gasteiger partial charge >= 0.3 is 0 Å². The number of benzene rings is 2. The van der Waals surface area contributed by atoms with Gasteiger partial charge in [-0.25, -0.2) is 4.98 Å². The molecule has 1 aliphatic rings. The molecule has 35 heavy (non-hydrogen) atoms.